The normalized spacial score (nSPS) is 10.9. The van der Waals surface area contributed by atoms with Crippen molar-refractivity contribution in [2.24, 2.45) is 0 Å². The van der Waals surface area contributed by atoms with Crippen LogP contribution in [0.4, 0.5) is 4.39 Å². The Hall–Kier alpha value is -3.81. The monoisotopic (exact) mass is 377 g/mol. The molecule has 140 valence electrons. The van der Waals surface area contributed by atoms with Gasteiger partial charge in [-0.25, -0.2) is 18.7 Å². The zero-order valence-corrected chi connectivity index (χ0v) is 14.7. The SMILES string of the molecule is O=C(Cn1c(=O)n(-c2ccc(F)cc2)c2ncccc21)NCc1ccccn1. The predicted molar refractivity (Wildman–Crippen MR) is 101 cm³/mol. The molecule has 0 fully saturated rings. The fraction of sp³-hybridized carbons (Fsp3) is 0.100. The maximum atomic E-state index is 13.3. The lowest BCUT2D eigenvalue weighted by atomic mass is 10.3. The van der Waals surface area contributed by atoms with Crippen LogP contribution in [0.2, 0.25) is 0 Å². The Bertz CT molecular complexity index is 1180. The van der Waals surface area contributed by atoms with Gasteiger partial charge >= 0.3 is 5.69 Å². The zero-order valence-electron chi connectivity index (χ0n) is 14.7. The van der Waals surface area contributed by atoms with E-state index in [0.717, 1.165) is 5.69 Å². The second-order valence-corrected chi connectivity index (χ2v) is 6.12. The lowest BCUT2D eigenvalue weighted by molar-refractivity contribution is -0.121. The Morgan fingerprint density at radius 3 is 2.54 bits per heavy atom. The van der Waals surface area contributed by atoms with E-state index >= 15 is 0 Å². The van der Waals surface area contributed by atoms with Gasteiger partial charge in [-0.3, -0.25) is 14.3 Å². The van der Waals surface area contributed by atoms with E-state index in [4.69, 9.17) is 0 Å². The first-order chi connectivity index (χ1) is 13.6. The minimum atomic E-state index is -0.423. The Labute approximate surface area is 159 Å². The average molecular weight is 377 g/mol. The van der Waals surface area contributed by atoms with Crippen LogP contribution < -0.4 is 11.0 Å². The minimum Gasteiger partial charge on any atom is -0.349 e. The van der Waals surface area contributed by atoms with Crippen LogP contribution in [-0.4, -0.2) is 25.0 Å². The highest BCUT2D eigenvalue weighted by molar-refractivity contribution is 5.80. The van der Waals surface area contributed by atoms with Crippen molar-refractivity contribution >= 4 is 17.1 Å². The molecule has 0 aliphatic carbocycles. The van der Waals surface area contributed by atoms with Gasteiger partial charge in [0.1, 0.15) is 12.4 Å². The number of nitrogens with one attached hydrogen (secondary N) is 1. The number of hydrogen-bond donors (Lipinski definition) is 1. The number of imidazole rings is 1. The fourth-order valence-electron chi connectivity index (χ4n) is 2.95. The van der Waals surface area contributed by atoms with Gasteiger partial charge < -0.3 is 5.32 Å². The van der Waals surface area contributed by atoms with Crippen molar-refractivity contribution in [1.29, 1.82) is 0 Å². The van der Waals surface area contributed by atoms with E-state index in [1.165, 1.54) is 33.4 Å². The predicted octanol–water partition coefficient (Wildman–Crippen LogP) is 2.04. The van der Waals surface area contributed by atoms with Gasteiger partial charge in [-0.2, -0.15) is 0 Å². The minimum absolute atomic E-state index is 0.165. The average Bonchev–Trinajstić information content (AvgIpc) is 3.00. The van der Waals surface area contributed by atoms with Crippen molar-refractivity contribution in [2.45, 2.75) is 13.1 Å². The van der Waals surface area contributed by atoms with Gasteiger partial charge in [-0.1, -0.05) is 6.07 Å². The fourth-order valence-corrected chi connectivity index (χ4v) is 2.95. The summed E-state index contributed by atoms with van der Waals surface area (Å²) in [7, 11) is 0. The first-order valence-corrected chi connectivity index (χ1v) is 8.62. The number of aromatic nitrogens is 4. The van der Waals surface area contributed by atoms with Crippen LogP contribution in [0.3, 0.4) is 0 Å². The summed E-state index contributed by atoms with van der Waals surface area (Å²) in [5.41, 5.74) is 1.69. The molecule has 0 bridgehead atoms. The second-order valence-electron chi connectivity index (χ2n) is 6.12. The topological polar surface area (TPSA) is 81.8 Å². The number of nitrogens with zero attached hydrogens (tertiary/aromatic N) is 4. The summed E-state index contributed by atoms with van der Waals surface area (Å²) >= 11 is 0. The van der Waals surface area contributed by atoms with Gasteiger partial charge in [0.2, 0.25) is 5.91 Å². The van der Waals surface area contributed by atoms with Crippen molar-refractivity contribution in [3.8, 4) is 5.69 Å². The first-order valence-electron chi connectivity index (χ1n) is 8.62. The summed E-state index contributed by atoms with van der Waals surface area (Å²) < 4.78 is 16.0. The second kappa shape index (κ2) is 7.43. The Morgan fingerprint density at radius 2 is 1.79 bits per heavy atom. The van der Waals surface area contributed by atoms with Crippen LogP contribution in [0.5, 0.6) is 0 Å². The number of carbonyl (C=O) groups excluding carboxylic acids is 1. The molecule has 0 unspecified atom stereocenters. The van der Waals surface area contributed by atoms with Gasteiger partial charge in [0, 0.05) is 12.4 Å². The summed E-state index contributed by atoms with van der Waals surface area (Å²) in [5.74, 6) is -0.725. The third-order valence-corrected chi connectivity index (χ3v) is 4.27. The summed E-state index contributed by atoms with van der Waals surface area (Å²) in [5, 5.41) is 2.76. The van der Waals surface area contributed by atoms with Crippen LogP contribution in [0.15, 0.2) is 71.8 Å². The van der Waals surface area contributed by atoms with Crippen LogP contribution in [0, 0.1) is 5.82 Å². The molecule has 3 heterocycles. The molecule has 1 aromatic carbocycles. The highest BCUT2D eigenvalue weighted by Crippen LogP contribution is 2.16. The van der Waals surface area contributed by atoms with Gasteiger partial charge in [-0.05, 0) is 48.5 Å². The van der Waals surface area contributed by atoms with E-state index in [1.54, 1.807) is 36.7 Å². The molecule has 0 aliphatic rings. The molecule has 28 heavy (non-hydrogen) atoms. The Balaban J connectivity index is 1.66. The van der Waals surface area contributed by atoms with Gasteiger partial charge in [0.15, 0.2) is 5.65 Å². The maximum Gasteiger partial charge on any atom is 0.335 e. The third-order valence-electron chi connectivity index (χ3n) is 4.27. The highest BCUT2D eigenvalue weighted by Gasteiger charge is 2.17. The number of rotatable bonds is 5. The van der Waals surface area contributed by atoms with E-state index in [0.29, 0.717) is 16.9 Å². The lowest BCUT2D eigenvalue weighted by Crippen LogP contribution is -2.32. The number of carbonyl (C=O) groups is 1. The van der Waals surface area contributed by atoms with Crippen LogP contribution in [-0.2, 0) is 17.9 Å². The maximum absolute atomic E-state index is 13.3. The number of fused-ring (bicyclic) bond motifs is 1. The molecule has 0 radical (unpaired) electrons. The van der Waals surface area contributed by atoms with Gasteiger partial charge in [-0.15, -0.1) is 0 Å². The molecule has 1 N–H and O–H groups in total. The summed E-state index contributed by atoms with van der Waals surface area (Å²) in [4.78, 5) is 33.8. The molecule has 0 saturated carbocycles. The molecule has 0 aliphatic heterocycles. The van der Waals surface area contributed by atoms with Crippen molar-refractivity contribution in [1.82, 2.24) is 24.4 Å². The molecule has 4 aromatic rings. The Morgan fingerprint density at radius 1 is 1.00 bits per heavy atom. The van der Waals surface area contributed by atoms with E-state index in [-0.39, 0.29) is 19.0 Å². The van der Waals surface area contributed by atoms with E-state index in [1.807, 2.05) is 6.07 Å². The molecular weight excluding hydrogens is 361 g/mol. The van der Waals surface area contributed by atoms with Crippen molar-refractivity contribution < 1.29 is 9.18 Å². The molecule has 1 amide bonds. The van der Waals surface area contributed by atoms with E-state index in [2.05, 4.69) is 15.3 Å². The van der Waals surface area contributed by atoms with Crippen molar-refractivity contribution in [3.05, 3.63) is 89.0 Å². The molecule has 0 saturated heterocycles. The number of benzene rings is 1. The van der Waals surface area contributed by atoms with E-state index in [9.17, 15) is 14.0 Å². The summed E-state index contributed by atoms with van der Waals surface area (Å²) in [6, 6.07) is 14.4. The van der Waals surface area contributed by atoms with Gasteiger partial charge in [0.25, 0.3) is 0 Å². The smallest absolute Gasteiger partial charge is 0.335 e. The molecule has 8 heteroatoms. The number of halogens is 1. The molecule has 0 spiro atoms. The molecular formula is C20H16FN5O2. The molecule has 4 rings (SSSR count). The lowest BCUT2D eigenvalue weighted by Gasteiger charge is -2.05. The summed E-state index contributed by atoms with van der Waals surface area (Å²) in [6.07, 6.45) is 3.21. The molecule has 3 aromatic heterocycles. The number of hydrogen-bond acceptors (Lipinski definition) is 4. The largest absolute Gasteiger partial charge is 0.349 e. The Kier molecular flexibility index (Phi) is 4.67. The zero-order chi connectivity index (χ0) is 19.5. The summed E-state index contributed by atoms with van der Waals surface area (Å²) in [6.45, 7) is 0.103. The standard InChI is InChI=1S/C20H16FN5O2/c21-14-6-8-16(9-7-14)26-19-17(5-3-11-23-19)25(20(26)28)13-18(27)24-12-15-4-1-2-10-22-15/h1-11H,12-13H2,(H,24,27). The first kappa shape index (κ1) is 17.6. The quantitative estimate of drug-likeness (QED) is 0.577. The highest BCUT2D eigenvalue weighted by atomic mass is 19.1. The van der Waals surface area contributed by atoms with Crippen molar-refractivity contribution in [2.75, 3.05) is 0 Å². The number of amides is 1. The number of pyridine rings is 2. The van der Waals surface area contributed by atoms with Crippen molar-refractivity contribution in [3.63, 3.8) is 0 Å². The van der Waals surface area contributed by atoms with E-state index < -0.39 is 11.5 Å². The van der Waals surface area contributed by atoms with Crippen LogP contribution in [0.1, 0.15) is 5.69 Å². The molecule has 7 nitrogen and oxygen atoms in total. The molecule has 0 atom stereocenters. The third kappa shape index (κ3) is 3.39. The van der Waals surface area contributed by atoms with Crippen LogP contribution in [0.25, 0.3) is 16.9 Å². The van der Waals surface area contributed by atoms with Crippen LogP contribution >= 0.6 is 0 Å². The van der Waals surface area contributed by atoms with Gasteiger partial charge in [0.05, 0.1) is 23.4 Å².